The Bertz CT molecular complexity index is 2530. The summed E-state index contributed by atoms with van der Waals surface area (Å²) in [6, 6.07) is 45.0. The fourth-order valence-electron chi connectivity index (χ4n) is 8.94. The van der Waals surface area contributed by atoms with Crippen LogP contribution in [0.1, 0.15) is 140 Å². The molecule has 0 saturated heterocycles. The Kier molecular flexibility index (Phi) is 21.4. The van der Waals surface area contributed by atoms with E-state index in [1.807, 2.05) is 48.5 Å². The average molecular weight is 933 g/mol. The largest absolute Gasteiger partial charge is 0.494 e. The molecule has 0 spiro atoms. The van der Waals surface area contributed by atoms with Crippen molar-refractivity contribution in [3.63, 3.8) is 0 Å². The van der Waals surface area contributed by atoms with Crippen LogP contribution < -0.4 is 18.9 Å². The molecular formula is C64H72N2O4. The second-order valence-electron chi connectivity index (χ2n) is 18.4. The van der Waals surface area contributed by atoms with Gasteiger partial charge in [-0.1, -0.05) is 163 Å². The lowest BCUT2D eigenvalue weighted by Gasteiger charge is -2.10. The minimum Gasteiger partial charge on any atom is -0.494 e. The molecule has 7 rings (SSSR count). The molecule has 0 saturated carbocycles. The van der Waals surface area contributed by atoms with Gasteiger partial charge >= 0.3 is 0 Å². The van der Waals surface area contributed by atoms with Crippen molar-refractivity contribution in [3.8, 4) is 70.2 Å². The number of rotatable bonds is 32. The highest BCUT2D eigenvalue weighted by atomic mass is 16.5. The zero-order valence-corrected chi connectivity index (χ0v) is 41.4. The number of benzene rings is 5. The Labute approximate surface area is 418 Å². The monoisotopic (exact) mass is 933 g/mol. The lowest BCUT2D eigenvalue weighted by atomic mass is 10.1. The second-order valence-corrected chi connectivity index (χ2v) is 18.4. The molecule has 0 radical (unpaired) electrons. The SMILES string of the molecule is C#Cc1ccccc1OCCCCCCCCCCCCOc1ccc(-c2ccc3ccc4ccc(-c5ccc(OCCCCCCCCCCCCOc6ccccc6C#C)cc5)nc4c3n2)cc1. The first-order chi connectivity index (χ1) is 34.7. The Balaban J connectivity index is 0.747. The average Bonchev–Trinajstić information content (AvgIpc) is 3.41. The maximum absolute atomic E-state index is 6.13. The Hall–Kier alpha value is -6.76. The van der Waals surface area contributed by atoms with Gasteiger partial charge in [-0.3, -0.25) is 0 Å². The van der Waals surface area contributed by atoms with E-state index in [1.165, 1.54) is 103 Å². The summed E-state index contributed by atoms with van der Waals surface area (Å²) in [6.45, 7) is 2.94. The van der Waals surface area contributed by atoms with Gasteiger partial charge in [0.15, 0.2) is 0 Å². The fraction of sp³-hybridized carbons (Fsp3) is 0.375. The van der Waals surface area contributed by atoms with Crippen LogP contribution in [0, 0.1) is 24.7 Å². The van der Waals surface area contributed by atoms with Crippen molar-refractivity contribution in [1.82, 2.24) is 9.97 Å². The van der Waals surface area contributed by atoms with Crippen LogP contribution in [0.3, 0.4) is 0 Å². The van der Waals surface area contributed by atoms with E-state index in [0.29, 0.717) is 0 Å². The van der Waals surface area contributed by atoms with E-state index in [0.717, 1.165) is 131 Å². The number of para-hydroxylation sites is 2. The van der Waals surface area contributed by atoms with Gasteiger partial charge in [-0.15, -0.1) is 12.8 Å². The van der Waals surface area contributed by atoms with Crippen LogP contribution in [-0.2, 0) is 0 Å². The third-order valence-corrected chi connectivity index (χ3v) is 13.0. The van der Waals surface area contributed by atoms with Crippen molar-refractivity contribution >= 4 is 21.8 Å². The molecule has 2 heterocycles. The second kappa shape index (κ2) is 29.3. The molecule has 0 aliphatic rings. The molecule has 6 nitrogen and oxygen atoms in total. The lowest BCUT2D eigenvalue weighted by molar-refractivity contribution is 0.302. The van der Waals surface area contributed by atoms with Gasteiger partial charge in [-0.2, -0.15) is 0 Å². The van der Waals surface area contributed by atoms with Crippen LogP contribution in [0.15, 0.2) is 133 Å². The zero-order chi connectivity index (χ0) is 48.3. The van der Waals surface area contributed by atoms with Gasteiger partial charge in [-0.25, -0.2) is 9.97 Å². The molecule has 2 aromatic heterocycles. The number of terminal acetylenes is 2. The molecule has 0 aliphatic heterocycles. The summed E-state index contributed by atoms with van der Waals surface area (Å²) in [7, 11) is 0. The maximum atomic E-state index is 6.13. The van der Waals surface area contributed by atoms with Crippen LogP contribution in [-0.4, -0.2) is 36.4 Å². The molecule has 0 amide bonds. The summed E-state index contributed by atoms with van der Waals surface area (Å²) >= 11 is 0. The normalized spacial score (nSPS) is 11.1. The van der Waals surface area contributed by atoms with Crippen molar-refractivity contribution < 1.29 is 18.9 Å². The topological polar surface area (TPSA) is 62.7 Å². The molecular weight excluding hydrogens is 861 g/mol. The van der Waals surface area contributed by atoms with Crippen molar-refractivity contribution in [2.24, 2.45) is 0 Å². The lowest BCUT2D eigenvalue weighted by Crippen LogP contribution is -1.99. The van der Waals surface area contributed by atoms with Crippen LogP contribution in [0.5, 0.6) is 23.0 Å². The van der Waals surface area contributed by atoms with Crippen molar-refractivity contribution in [2.75, 3.05) is 26.4 Å². The summed E-state index contributed by atoms with van der Waals surface area (Å²) in [6.07, 6.45) is 35.7. The molecule has 0 N–H and O–H groups in total. The standard InChI is InChI=1S/C64H72N2O4/c1-3-51-29-21-23-31-61(51)69-49-27-19-15-11-7-5-9-13-17-25-47-67-57-41-35-53(36-42-57)59-45-39-55-33-34-56-40-46-60(66-64(56)63(55)65-59)54-37-43-58(44-38-54)68-48-26-18-14-10-6-8-12-16-20-28-50-70-62-32-24-22-30-52(62)4-2/h1-2,21-24,29-46H,5-20,25-28,47-50H2. The van der Waals surface area contributed by atoms with E-state index in [-0.39, 0.29) is 0 Å². The van der Waals surface area contributed by atoms with E-state index < -0.39 is 0 Å². The quantitative estimate of drug-likeness (QED) is 0.0238. The highest BCUT2D eigenvalue weighted by molar-refractivity contribution is 6.04. The predicted octanol–water partition coefficient (Wildman–Crippen LogP) is 16.8. The summed E-state index contributed by atoms with van der Waals surface area (Å²) in [4.78, 5) is 10.3. The van der Waals surface area contributed by atoms with Crippen molar-refractivity contribution in [1.29, 1.82) is 0 Å². The van der Waals surface area contributed by atoms with Gasteiger partial charge in [-0.05, 0) is 111 Å². The molecule has 0 bridgehead atoms. The zero-order valence-electron chi connectivity index (χ0n) is 41.4. The van der Waals surface area contributed by atoms with Crippen LogP contribution in [0.4, 0.5) is 0 Å². The van der Waals surface area contributed by atoms with Gasteiger partial charge in [0.25, 0.3) is 0 Å². The summed E-state index contributed by atoms with van der Waals surface area (Å²) < 4.78 is 24.0. The van der Waals surface area contributed by atoms with Gasteiger partial charge in [0.2, 0.25) is 0 Å². The molecule has 0 unspecified atom stereocenters. The number of hydrogen-bond donors (Lipinski definition) is 0. The highest BCUT2D eigenvalue weighted by Crippen LogP contribution is 2.30. The van der Waals surface area contributed by atoms with Gasteiger partial charge in [0.1, 0.15) is 23.0 Å². The summed E-state index contributed by atoms with van der Waals surface area (Å²) in [5.41, 5.74) is 7.43. The number of ether oxygens (including phenoxy) is 4. The summed E-state index contributed by atoms with van der Waals surface area (Å²) in [5.74, 6) is 8.82. The number of pyridine rings is 2. The number of unbranched alkanes of at least 4 members (excludes halogenated alkanes) is 18. The molecule has 0 aliphatic carbocycles. The number of nitrogens with zero attached hydrogens (tertiary/aromatic N) is 2. The Morgan fingerprint density at radius 2 is 0.614 bits per heavy atom. The maximum Gasteiger partial charge on any atom is 0.134 e. The van der Waals surface area contributed by atoms with Gasteiger partial charge in [0.05, 0.1) is 60.0 Å². The number of aromatic nitrogens is 2. The van der Waals surface area contributed by atoms with Gasteiger partial charge in [0, 0.05) is 21.9 Å². The minimum absolute atomic E-state index is 0.729. The van der Waals surface area contributed by atoms with Crippen LogP contribution >= 0.6 is 0 Å². The Morgan fingerprint density at radius 3 is 0.957 bits per heavy atom. The number of fused-ring (bicyclic) bond motifs is 3. The molecule has 5 aromatic carbocycles. The number of hydrogen-bond acceptors (Lipinski definition) is 6. The third kappa shape index (κ3) is 16.4. The predicted molar refractivity (Wildman–Crippen MR) is 291 cm³/mol. The molecule has 0 atom stereocenters. The molecule has 70 heavy (non-hydrogen) atoms. The van der Waals surface area contributed by atoms with E-state index >= 15 is 0 Å². The van der Waals surface area contributed by atoms with Crippen LogP contribution in [0.2, 0.25) is 0 Å². The Morgan fingerprint density at radius 1 is 0.314 bits per heavy atom. The van der Waals surface area contributed by atoms with Crippen molar-refractivity contribution in [2.45, 2.75) is 128 Å². The first kappa shape index (κ1) is 51.1. The van der Waals surface area contributed by atoms with E-state index in [1.54, 1.807) is 0 Å². The van der Waals surface area contributed by atoms with Crippen molar-refractivity contribution in [3.05, 3.63) is 145 Å². The third-order valence-electron chi connectivity index (χ3n) is 13.0. The summed E-state index contributed by atoms with van der Waals surface area (Å²) in [5, 5.41) is 2.14. The highest BCUT2D eigenvalue weighted by Gasteiger charge is 2.10. The van der Waals surface area contributed by atoms with E-state index in [9.17, 15) is 0 Å². The first-order valence-electron chi connectivity index (χ1n) is 26.2. The molecule has 0 fully saturated rings. The molecule has 6 heteroatoms. The van der Waals surface area contributed by atoms with Crippen LogP contribution in [0.25, 0.3) is 44.3 Å². The smallest absolute Gasteiger partial charge is 0.134 e. The molecule has 362 valence electrons. The minimum atomic E-state index is 0.729. The van der Waals surface area contributed by atoms with Gasteiger partial charge < -0.3 is 18.9 Å². The van der Waals surface area contributed by atoms with E-state index in [4.69, 9.17) is 41.8 Å². The fourth-order valence-corrected chi connectivity index (χ4v) is 8.94. The molecule has 7 aromatic rings. The van der Waals surface area contributed by atoms with E-state index in [2.05, 4.69) is 96.8 Å². The first-order valence-corrected chi connectivity index (χ1v) is 26.2.